The van der Waals surface area contributed by atoms with Crippen LogP contribution in [0.1, 0.15) is 29.9 Å². The van der Waals surface area contributed by atoms with Gasteiger partial charge < -0.3 is 19.9 Å². The fourth-order valence-corrected chi connectivity index (χ4v) is 3.29. The molecule has 0 heterocycles. The predicted octanol–water partition coefficient (Wildman–Crippen LogP) is 3.31. The van der Waals surface area contributed by atoms with Crippen molar-refractivity contribution < 1.29 is 19.4 Å². The lowest BCUT2D eigenvalue weighted by Crippen LogP contribution is -2.29. The Kier molecular flexibility index (Phi) is 6.63. The van der Waals surface area contributed by atoms with Crippen molar-refractivity contribution in [2.24, 2.45) is 0 Å². The summed E-state index contributed by atoms with van der Waals surface area (Å²) in [6, 6.07) is 16.5. The SMILES string of the molecule is O=C(NCCOCCCCO)OCC1c2ccccc2-c2ccccc21. The molecule has 0 fully saturated rings. The van der Waals surface area contributed by atoms with Crippen molar-refractivity contribution in [3.63, 3.8) is 0 Å². The lowest BCUT2D eigenvalue weighted by molar-refractivity contribution is 0.116. The third kappa shape index (κ3) is 4.42. The van der Waals surface area contributed by atoms with E-state index < -0.39 is 6.09 Å². The first-order chi connectivity index (χ1) is 12.8. The first kappa shape index (κ1) is 18.4. The molecule has 0 aromatic heterocycles. The summed E-state index contributed by atoms with van der Waals surface area (Å²) in [4.78, 5) is 11.9. The molecule has 0 saturated carbocycles. The van der Waals surface area contributed by atoms with Crippen molar-refractivity contribution in [1.82, 2.24) is 5.32 Å². The van der Waals surface area contributed by atoms with E-state index in [1.54, 1.807) is 0 Å². The van der Waals surface area contributed by atoms with Gasteiger partial charge in [0.2, 0.25) is 0 Å². The molecule has 26 heavy (non-hydrogen) atoms. The lowest BCUT2D eigenvalue weighted by atomic mass is 9.98. The highest BCUT2D eigenvalue weighted by molar-refractivity contribution is 5.79. The van der Waals surface area contributed by atoms with Crippen LogP contribution in [0.3, 0.4) is 0 Å². The van der Waals surface area contributed by atoms with Crippen LogP contribution in [-0.2, 0) is 9.47 Å². The number of alkyl carbamates (subject to hydrolysis) is 1. The number of benzene rings is 2. The molecular formula is C21H25NO4. The van der Waals surface area contributed by atoms with Crippen LogP contribution < -0.4 is 5.32 Å². The van der Waals surface area contributed by atoms with Crippen LogP contribution in [0.15, 0.2) is 48.5 Å². The second-order valence-electron chi connectivity index (χ2n) is 6.30. The molecule has 0 aliphatic heterocycles. The van der Waals surface area contributed by atoms with Crippen LogP contribution in [-0.4, -0.2) is 44.2 Å². The highest BCUT2D eigenvalue weighted by Crippen LogP contribution is 2.44. The summed E-state index contributed by atoms with van der Waals surface area (Å²) in [6.07, 6.45) is 1.13. The van der Waals surface area contributed by atoms with Gasteiger partial charge in [-0.15, -0.1) is 0 Å². The van der Waals surface area contributed by atoms with Gasteiger partial charge in [0, 0.05) is 25.7 Å². The average molecular weight is 355 g/mol. The smallest absolute Gasteiger partial charge is 0.407 e. The number of ether oxygens (including phenoxy) is 2. The molecule has 1 amide bonds. The maximum absolute atomic E-state index is 11.9. The van der Waals surface area contributed by atoms with Crippen molar-refractivity contribution in [1.29, 1.82) is 0 Å². The minimum Gasteiger partial charge on any atom is -0.449 e. The Labute approximate surface area is 153 Å². The third-order valence-corrected chi connectivity index (χ3v) is 4.56. The minimum absolute atomic E-state index is 0.0721. The Morgan fingerprint density at radius 3 is 2.27 bits per heavy atom. The zero-order valence-corrected chi connectivity index (χ0v) is 14.8. The van der Waals surface area contributed by atoms with Gasteiger partial charge in [-0.2, -0.15) is 0 Å². The van der Waals surface area contributed by atoms with E-state index in [1.807, 2.05) is 24.3 Å². The third-order valence-electron chi connectivity index (χ3n) is 4.56. The lowest BCUT2D eigenvalue weighted by Gasteiger charge is -2.14. The second-order valence-corrected chi connectivity index (χ2v) is 6.30. The Hall–Kier alpha value is -2.37. The molecule has 1 aliphatic carbocycles. The van der Waals surface area contributed by atoms with E-state index in [0.29, 0.717) is 26.4 Å². The van der Waals surface area contributed by atoms with Gasteiger partial charge in [0.1, 0.15) is 6.61 Å². The molecule has 138 valence electrons. The molecule has 2 aromatic rings. The predicted molar refractivity (Wildman–Crippen MR) is 100 cm³/mol. The van der Waals surface area contributed by atoms with Crippen molar-refractivity contribution >= 4 is 6.09 Å². The minimum atomic E-state index is -0.425. The number of carbonyl (C=O) groups excluding carboxylic acids is 1. The fraction of sp³-hybridized carbons (Fsp3) is 0.381. The first-order valence-corrected chi connectivity index (χ1v) is 9.08. The van der Waals surface area contributed by atoms with Gasteiger partial charge in [-0.3, -0.25) is 0 Å². The molecule has 0 bridgehead atoms. The van der Waals surface area contributed by atoms with E-state index in [-0.39, 0.29) is 12.5 Å². The van der Waals surface area contributed by atoms with Gasteiger partial charge in [-0.1, -0.05) is 48.5 Å². The van der Waals surface area contributed by atoms with Crippen LogP contribution in [0.4, 0.5) is 4.79 Å². The standard InChI is InChI=1S/C21H25NO4/c23-12-5-6-13-25-14-11-22-21(24)26-15-20-18-9-3-1-7-16(18)17-8-2-4-10-19(17)20/h1-4,7-10,20,23H,5-6,11-15H2,(H,22,24). The molecule has 5 heteroatoms. The number of fused-ring (bicyclic) bond motifs is 3. The number of nitrogens with one attached hydrogen (secondary N) is 1. The number of aliphatic hydroxyl groups is 1. The van der Waals surface area contributed by atoms with Crippen LogP contribution >= 0.6 is 0 Å². The Morgan fingerprint density at radius 2 is 1.62 bits per heavy atom. The van der Waals surface area contributed by atoms with E-state index in [0.717, 1.165) is 12.8 Å². The highest BCUT2D eigenvalue weighted by atomic mass is 16.5. The Morgan fingerprint density at radius 1 is 0.962 bits per heavy atom. The number of unbranched alkanes of at least 4 members (excludes halogenated alkanes) is 1. The van der Waals surface area contributed by atoms with Gasteiger partial charge in [-0.25, -0.2) is 4.79 Å². The van der Waals surface area contributed by atoms with Gasteiger partial charge in [-0.05, 0) is 35.1 Å². The monoisotopic (exact) mass is 355 g/mol. The summed E-state index contributed by atoms with van der Waals surface area (Å²) in [5.74, 6) is 0.0721. The van der Waals surface area contributed by atoms with Gasteiger partial charge in [0.25, 0.3) is 0 Å². The Balaban J connectivity index is 1.47. The van der Waals surface area contributed by atoms with Crippen molar-refractivity contribution in [2.75, 3.05) is 33.0 Å². The summed E-state index contributed by atoms with van der Waals surface area (Å²) >= 11 is 0. The van der Waals surface area contributed by atoms with Crippen LogP contribution in [0, 0.1) is 0 Å². The van der Waals surface area contributed by atoms with Gasteiger partial charge in [0.05, 0.1) is 6.61 Å². The number of rotatable bonds is 9. The van der Waals surface area contributed by atoms with Crippen LogP contribution in [0.2, 0.25) is 0 Å². The topological polar surface area (TPSA) is 67.8 Å². The van der Waals surface area contributed by atoms with Gasteiger partial charge in [0.15, 0.2) is 0 Å². The molecule has 0 spiro atoms. The highest BCUT2D eigenvalue weighted by Gasteiger charge is 2.28. The number of hydrogen-bond donors (Lipinski definition) is 2. The molecule has 2 aromatic carbocycles. The van der Waals surface area contributed by atoms with Crippen LogP contribution in [0.5, 0.6) is 0 Å². The van der Waals surface area contributed by atoms with E-state index in [4.69, 9.17) is 14.6 Å². The zero-order valence-electron chi connectivity index (χ0n) is 14.8. The van der Waals surface area contributed by atoms with Crippen molar-refractivity contribution in [3.8, 4) is 11.1 Å². The average Bonchev–Trinajstić information content (AvgIpc) is 3.00. The maximum Gasteiger partial charge on any atom is 0.407 e. The van der Waals surface area contributed by atoms with E-state index in [1.165, 1.54) is 22.3 Å². The molecule has 1 aliphatic rings. The molecule has 0 radical (unpaired) electrons. The number of aliphatic hydroxyl groups excluding tert-OH is 1. The second kappa shape index (κ2) is 9.36. The number of hydrogen-bond acceptors (Lipinski definition) is 4. The number of carbonyl (C=O) groups is 1. The molecule has 2 N–H and O–H groups in total. The van der Waals surface area contributed by atoms with E-state index in [2.05, 4.69) is 29.6 Å². The summed E-state index contributed by atoms with van der Waals surface area (Å²) < 4.78 is 10.8. The summed E-state index contributed by atoms with van der Waals surface area (Å²) in [6.45, 7) is 1.94. The molecule has 0 atom stereocenters. The van der Waals surface area contributed by atoms with Gasteiger partial charge >= 0.3 is 6.09 Å². The summed E-state index contributed by atoms with van der Waals surface area (Å²) in [7, 11) is 0. The van der Waals surface area contributed by atoms with Crippen molar-refractivity contribution in [3.05, 3.63) is 59.7 Å². The molecule has 0 saturated heterocycles. The van der Waals surface area contributed by atoms with Crippen molar-refractivity contribution in [2.45, 2.75) is 18.8 Å². The molecule has 5 nitrogen and oxygen atoms in total. The number of amides is 1. The van der Waals surface area contributed by atoms with Crippen LogP contribution in [0.25, 0.3) is 11.1 Å². The first-order valence-electron chi connectivity index (χ1n) is 9.08. The largest absolute Gasteiger partial charge is 0.449 e. The fourth-order valence-electron chi connectivity index (χ4n) is 3.29. The zero-order chi connectivity index (χ0) is 18.2. The maximum atomic E-state index is 11.9. The normalized spacial score (nSPS) is 12.5. The van der Waals surface area contributed by atoms with E-state index in [9.17, 15) is 4.79 Å². The molecular weight excluding hydrogens is 330 g/mol. The Bertz CT molecular complexity index is 686. The summed E-state index contributed by atoms with van der Waals surface area (Å²) in [5.41, 5.74) is 4.84. The molecule has 0 unspecified atom stereocenters. The summed E-state index contributed by atoms with van der Waals surface area (Å²) in [5, 5.41) is 11.4. The van der Waals surface area contributed by atoms with E-state index >= 15 is 0 Å². The molecule has 3 rings (SSSR count). The quantitative estimate of drug-likeness (QED) is 0.677.